The number of amides is 5. The monoisotopic (exact) mass is 458 g/mol. The van der Waals surface area contributed by atoms with Gasteiger partial charge in [-0.05, 0) is 61.4 Å². The number of urea groups is 1. The molecular formula is C22H23FN4O4S. The van der Waals surface area contributed by atoms with Gasteiger partial charge >= 0.3 is 6.03 Å². The summed E-state index contributed by atoms with van der Waals surface area (Å²) in [6.07, 6.45) is 2.97. The van der Waals surface area contributed by atoms with E-state index in [1.807, 2.05) is 6.07 Å². The highest BCUT2D eigenvalue weighted by Gasteiger charge is 2.49. The smallest absolute Gasteiger partial charge is 0.319 e. The Hall–Kier alpha value is -3.27. The maximum absolute atomic E-state index is 13.2. The predicted octanol–water partition coefficient (Wildman–Crippen LogP) is 2.24. The summed E-state index contributed by atoms with van der Waals surface area (Å²) in [6.45, 7) is 3.09. The molecule has 2 aromatic rings. The molecule has 0 saturated carbocycles. The number of rotatable bonds is 4. The first-order chi connectivity index (χ1) is 15.2. The van der Waals surface area contributed by atoms with Crippen LogP contribution in [0.4, 0.5) is 9.18 Å². The molecule has 168 valence electrons. The number of nitrogens with zero attached hydrogens (tertiary/aromatic N) is 1. The summed E-state index contributed by atoms with van der Waals surface area (Å²) in [5, 5.41) is 2.54. The summed E-state index contributed by atoms with van der Waals surface area (Å²) in [4.78, 5) is 52.4. The molecule has 3 N–H and O–H groups in total. The molecule has 10 heteroatoms. The van der Waals surface area contributed by atoms with Crippen molar-refractivity contribution in [3.05, 3.63) is 57.0 Å². The number of halogens is 1. The first-order valence-electron chi connectivity index (χ1n) is 10.3. The predicted molar refractivity (Wildman–Crippen MR) is 115 cm³/mol. The number of fused-ring (bicyclic) bond motifs is 1. The van der Waals surface area contributed by atoms with Gasteiger partial charge in [0.2, 0.25) is 0 Å². The second kappa shape index (κ2) is 8.34. The van der Waals surface area contributed by atoms with E-state index in [1.165, 1.54) is 53.0 Å². The van der Waals surface area contributed by atoms with Crippen LogP contribution in [0.3, 0.4) is 0 Å². The normalized spacial score (nSPS) is 22.3. The molecule has 2 aliphatic rings. The van der Waals surface area contributed by atoms with Crippen molar-refractivity contribution >= 4 is 35.1 Å². The lowest BCUT2D eigenvalue weighted by Crippen LogP contribution is -2.48. The van der Waals surface area contributed by atoms with Crippen LogP contribution in [0.25, 0.3) is 0 Å². The summed E-state index contributed by atoms with van der Waals surface area (Å²) in [5.74, 6) is -1.70. The Morgan fingerprint density at radius 3 is 2.69 bits per heavy atom. The molecule has 0 spiro atoms. The molecular weight excluding hydrogens is 435 g/mol. The minimum Gasteiger partial charge on any atom is -0.319 e. The summed E-state index contributed by atoms with van der Waals surface area (Å²) in [6, 6.07) is 6.28. The van der Waals surface area contributed by atoms with Crippen LogP contribution in [0.5, 0.6) is 0 Å². The van der Waals surface area contributed by atoms with Gasteiger partial charge in [-0.3, -0.25) is 30.1 Å². The van der Waals surface area contributed by atoms with Crippen LogP contribution >= 0.6 is 11.3 Å². The first kappa shape index (κ1) is 21.9. The molecule has 32 heavy (non-hydrogen) atoms. The highest BCUT2D eigenvalue weighted by molar-refractivity contribution is 7.14. The average Bonchev–Trinajstić information content (AvgIpc) is 3.27. The molecule has 8 nitrogen and oxygen atoms in total. The van der Waals surface area contributed by atoms with E-state index >= 15 is 0 Å². The maximum Gasteiger partial charge on any atom is 0.325 e. The maximum atomic E-state index is 13.2. The van der Waals surface area contributed by atoms with E-state index in [0.29, 0.717) is 16.4 Å². The van der Waals surface area contributed by atoms with Gasteiger partial charge in [-0.25, -0.2) is 9.18 Å². The van der Waals surface area contributed by atoms with Crippen molar-refractivity contribution in [1.82, 2.24) is 21.1 Å². The molecule has 1 aliphatic heterocycles. The van der Waals surface area contributed by atoms with Crippen molar-refractivity contribution in [2.45, 2.75) is 38.6 Å². The van der Waals surface area contributed by atoms with Gasteiger partial charge in [0.1, 0.15) is 17.9 Å². The number of hydrogen-bond acceptors (Lipinski definition) is 5. The largest absolute Gasteiger partial charge is 0.325 e. The van der Waals surface area contributed by atoms with Crippen molar-refractivity contribution < 1.29 is 23.6 Å². The Morgan fingerprint density at radius 1 is 1.25 bits per heavy atom. The van der Waals surface area contributed by atoms with Crippen LogP contribution in [-0.4, -0.2) is 35.2 Å². The Balaban J connectivity index is 1.36. The van der Waals surface area contributed by atoms with Gasteiger partial charge in [0.15, 0.2) is 0 Å². The number of nitrogens with one attached hydrogen (secondary N) is 3. The fraction of sp³-hybridized carbons (Fsp3) is 0.364. The zero-order chi connectivity index (χ0) is 23.0. The number of carbonyl (C=O) groups excluding carboxylic acids is 4. The van der Waals surface area contributed by atoms with Crippen molar-refractivity contribution in [1.29, 1.82) is 0 Å². The Bertz CT molecular complexity index is 1100. The molecule has 1 saturated heterocycles. The van der Waals surface area contributed by atoms with Crippen LogP contribution in [0.15, 0.2) is 30.3 Å². The third kappa shape index (κ3) is 4.10. The quantitative estimate of drug-likeness (QED) is 0.482. The van der Waals surface area contributed by atoms with Gasteiger partial charge in [-0.2, -0.15) is 0 Å². The molecule has 5 amide bonds. The van der Waals surface area contributed by atoms with Crippen LogP contribution < -0.4 is 16.2 Å². The Kier molecular flexibility index (Phi) is 5.72. The molecule has 2 heterocycles. The minimum absolute atomic E-state index is 0.393. The molecule has 0 bridgehead atoms. The summed E-state index contributed by atoms with van der Waals surface area (Å²) >= 11 is 1.41. The molecule has 1 aromatic carbocycles. The second-order valence-corrected chi connectivity index (χ2v) is 9.50. The number of carbonyl (C=O) groups is 4. The number of aryl methyl sites for hydroxylation is 1. The van der Waals surface area contributed by atoms with Crippen LogP contribution in [0.1, 0.15) is 45.9 Å². The van der Waals surface area contributed by atoms with Gasteiger partial charge in [-0.1, -0.05) is 19.1 Å². The Morgan fingerprint density at radius 2 is 1.97 bits per heavy atom. The molecule has 0 radical (unpaired) electrons. The van der Waals surface area contributed by atoms with Crippen molar-refractivity contribution in [2.24, 2.45) is 5.92 Å². The van der Waals surface area contributed by atoms with Crippen LogP contribution in [0.2, 0.25) is 0 Å². The lowest BCUT2D eigenvalue weighted by molar-refractivity contribution is -0.135. The van der Waals surface area contributed by atoms with E-state index < -0.39 is 41.7 Å². The number of imide groups is 1. The van der Waals surface area contributed by atoms with E-state index in [1.54, 1.807) is 0 Å². The third-order valence-electron chi connectivity index (χ3n) is 5.87. The summed E-state index contributed by atoms with van der Waals surface area (Å²) < 4.78 is 13.2. The van der Waals surface area contributed by atoms with Crippen molar-refractivity contribution in [2.75, 3.05) is 6.54 Å². The van der Waals surface area contributed by atoms with Gasteiger partial charge < -0.3 is 5.32 Å². The number of thiophene rings is 1. The van der Waals surface area contributed by atoms with Gasteiger partial charge in [0.25, 0.3) is 17.7 Å². The lowest BCUT2D eigenvalue weighted by Gasteiger charge is -2.22. The van der Waals surface area contributed by atoms with E-state index in [9.17, 15) is 23.6 Å². The van der Waals surface area contributed by atoms with E-state index in [0.717, 1.165) is 24.2 Å². The second-order valence-electron chi connectivity index (χ2n) is 8.36. The van der Waals surface area contributed by atoms with Gasteiger partial charge in [0.05, 0.1) is 4.88 Å². The van der Waals surface area contributed by atoms with Crippen molar-refractivity contribution in [3.63, 3.8) is 0 Å². The zero-order valence-corrected chi connectivity index (χ0v) is 18.5. The minimum atomic E-state index is -1.42. The SMILES string of the molecule is CC1CCc2sc(C(=O)NNC(=O)CN3C(=O)NC(C)(c4ccc(F)cc4)C3=O)cc2C1. The van der Waals surface area contributed by atoms with E-state index in [-0.39, 0.29) is 0 Å². The van der Waals surface area contributed by atoms with Gasteiger partial charge in [-0.15, -0.1) is 11.3 Å². The number of benzene rings is 1. The van der Waals surface area contributed by atoms with E-state index in [2.05, 4.69) is 23.1 Å². The molecule has 2 unspecified atom stereocenters. The molecule has 1 fully saturated rings. The molecule has 1 aromatic heterocycles. The Labute approximate surface area is 188 Å². The number of hydrazine groups is 1. The fourth-order valence-corrected chi connectivity index (χ4v) is 5.11. The topological polar surface area (TPSA) is 108 Å². The van der Waals surface area contributed by atoms with Gasteiger partial charge in [0, 0.05) is 4.88 Å². The zero-order valence-electron chi connectivity index (χ0n) is 17.7. The molecule has 2 atom stereocenters. The highest BCUT2D eigenvalue weighted by Crippen LogP contribution is 2.32. The summed E-state index contributed by atoms with van der Waals surface area (Å²) in [5.41, 5.74) is 4.75. The summed E-state index contributed by atoms with van der Waals surface area (Å²) in [7, 11) is 0. The first-order valence-corrected chi connectivity index (χ1v) is 11.1. The van der Waals surface area contributed by atoms with Crippen LogP contribution in [-0.2, 0) is 28.0 Å². The lowest BCUT2D eigenvalue weighted by atomic mass is 9.90. The average molecular weight is 459 g/mol. The number of hydrogen-bond donors (Lipinski definition) is 3. The standard InChI is InChI=1S/C22H23FN4O4S/c1-12-3-8-16-13(9-12)10-17(32-16)19(29)26-25-18(28)11-27-20(30)22(2,24-21(27)31)14-4-6-15(23)7-5-14/h4-7,10,12H,3,8-9,11H2,1-2H3,(H,24,31)(H,25,28)(H,26,29). The molecule has 4 rings (SSSR count). The third-order valence-corrected chi connectivity index (χ3v) is 7.10. The molecule has 1 aliphatic carbocycles. The van der Waals surface area contributed by atoms with Crippen molar-refractivity contribution in [3.8, 4) is 0 Å². The van der Waals surface area contributed by atoms with E-state index in [4.69, 9.17) is 0 Å². The fourth-order valence-electron chi connectivity index (χ4n) is 4.01. The van der Waals surface area contributed by atoms with Crippen LogP contribution in [0, 0.1) is 11.7 Å². The highest BCUT2D eigenvalue weighted by atomic mass is 32.1.